The van der Waals surface area contributed by atoms with Gasteiger partial charge in [0, 0.05) is 86.6 Å². The molecule has 0 unspecified atom stereocenters. The van der Waals surface area contributed by atoms with Gasteiger partial charge in [-0.05, 0) is 61.6 Å². The van der Waals surface area contributed by atoms with Gasteiger partial charge in [-0.1, -0.05) is 13.2 Å². The molecule has 8 nitrogen and oxygen atoms in total. The lowest BCUT2D eigenvalue weighted by molar-refractivity contribution is 0.136. The summed E-state index contributed by atoms with van der Waals surface area (Å²) in [6.07, 6.45) is 7.25. The number of aryl methyl sites for hydroxylation is 1. The van der Waals surface area contributed by atoms with Crippen LogP contribution in [0.1, 0.15) is 19.3 Å². The first-order valence-electron chi connectivity index (χ1n) is 13.4. The zero-order valence-electron chi connectivity index (χ0n) is 21.4. The van der Waals surface area contributed by atoms with Crippen LogP contribution in [0, 0.1) is 5.92 Å². The molecule has 4 heterocycles. The Balaban J connectivity index is 1.11. The van der Waals surface area contributed by atoms with Crippen molar-refractivity contribution in [3.8, 4) is 0 Å². The molecular weight excluding hydrogens is 462 g/mol. The summed E-state index contributed by atoms with van der Waals surface area (Å²) in [5, 5.41) is 4.19. The summed E-state index contributed by atoms with van der Waals surface area (Å²) in [5.74, 6) is 1.03. The summed E-state index contributed by atoms with van der Waals surface area (Å²) in [6, 6.07) is 12.7. The standard InChI is InChI=1S/C29H35N7O/c1-3-21(2)35-19-22(20-35)12-13-36-27(37)11-4-23-18-30-29(32-28(23)36)31-24-5-7-25(8-6-24)33-14-16-34(17-15-33)26-9-10-26/h3-8,11,18,22,26H,1-2,9-10,12-17,19-20H2,(H,30,31,32). The van der Waals surface area contributed by atoms with E-state index in [-0.39, 0.29) is 5.56 Å². The van der Waals surface area contributed by atoms with Crippen LogP contribution in [0.4, 0.5) is 17.3 Å². The number of rotatable bonds is 9. The number of pyridine rings is 1. The van der Waals surface area contributed by atoms with Gasteiger partial charge < -0.3 is 15.1 Å². The first-order valence-corrected chi connectivity index (χ1v) is 13.4. The van der Waals surface area contributed by atoms with Crippen LogP contribution in [-0.4, -0.2) is 69.6 Å². The summed E-state index contributed by atoms with van der Waals surface area (Å²) in [5.41, 5.74) is 3.78. The maximum Gasteiger partial charge on any atom is 0.252 e. The van der Waals surface area contributed by atoms with Crippen molar-refractivity contribution in [2.45, 2.75) is 31.8 Å². The van der Waals surface area contributed by atoms with E-state index in [0.29, 0.717) is 24.1 Å². The number of likely N-dealkylation sites (tertiary alicyclic amines) is 1. The Labute approximate surface area is 217 Å². The number of fused-ring (bicyclic) bond motifs is 1. The van der Waals surface area contributed by atoms with Crippen LogP contribution in [0.2, 0.25) is 0 Å². The average molecular weight is 498 g/mol. The molecule has 0 radical (unpaired) electrons. The van der Waals surface area contributed by atoms with Gasteiger partial charge in [0.25, 0.3) is 5.56 Å². The van der Waals surface area contributed by atoms with Gasteiger partial charge in [0.15, 0.2) is 0 Å². The van der Waals surface area contributed by atoms with Gasteiger partial charge in [-0.15, -0.1) is 0 Å². The molecule has 0 amide bonds. The quantitative estimate of drug-likeness (QED) is 0.451. The van der Waals surface area contributed by atoms with Crippen LogP contribution < -0.4 is 15.8 Å². The van der Waals surface area contributed by atoms with Gasteiger partial charge in [-0.3, -0.25) is 14.3 Å². The van der Waals surface area contributed by atoms with Crippen molar-refractivity contribution in [1.29, 1.82) is 0 Å². The van der Waals surface area contributed by atoms with Crippen molar-refractivity contribution < 1.29 is 0 Å². The monoisotopic (exact) mass is 497 g/mol. The molecule has 2 saturated heterocycles. The van der Waals surface area contributed by atoms with E-state index in [1.165, 1.54) is 18.5 Å². The number of nitrogens with one attached hydrogen (secondary N) is 1. The second kappa shape index (κ2) is 10.0. The molecule has 0 spiro atoms. The van der Waals surface area contributed by atoms with Crippen molar-refractivity contribution >= 4 is 28.4 Å². The topological polar surface area (TPSA) is 69.5 Å². The van der Waals surface area contributed by atoms with E-state index in [9.17, 15) is 4.79 Å². The molecule has 3 fully saturated rings. The number of benzene rings is 1. The maximum absolute atomic E-state index is 12.7. The third-order valence-electron chi connectivity index (χ3n) is 7.95. The molecule has 8 heteroatoms. The van der Waals surface area contributed by atoms with Crippen LogP contribution in [0.3, 0.4) is 0 Å². The number of aromatic nitrogens is 3. The Hall–Kier alpha value is -3.65. The van der Waals surface area contributed by atoms with Gasteiger partial charge in [-0.25, -0.2) is 4.98 Å². The van der Waals surface area contributed by atoms with Crippen LogP contribution in [-0.2, 0) is 6.54 Å². The lowest BCUT2D eigenvalue weighted by Gasteiger charge is -2.41. The minimum Gasteiger partial charge on any atom is -0.371 e. The molecule has 2 aromatic heterocycles. The van der Waals surface area contributed by atoms with E-state index in [4.69, 9.17) is 4.98 Å². The van der Waals surface area contributed by atoms with E-state index < -0.39 is 0 Å². The number of piperazine rings is 1. The van der Waals surface area contributed by atoms with Crippen molar-refractivity contribution in [3.05, 3.63) is 77.9 Å². The molecule has 1 aromatic carbocycles. The molecule has 3 aliphatic rings. The number of anilines is 3. The van der Waals surface area contributed by atoms with Gasteiger partial charge in [0.05, 0.1) is 0 Å². The normalized spacial score (nSPS) is 18.6. The molecule has 0 atom stereocenters. The van der Waals surface area contributed by atoms with Gasteiger partial charge in [-0.2, -0.15) is 4.98 Å². The fourth-order valence-electron chi connectivity index (χ4n) is 5.45. The lowest BCUT2D eigenvalue weighted by atomic mass is 9.95. The van der Waals surface area contributed by atoms with Crippen molar-refractivity contribution in [3.63, 3.8) is 0 Å². The average Bonchev–Trinajstić information content (AvgIpc) is 3.75. The summed E-state index contributed by atoms with van der Waals surface area (Å²) >= 11 is 0. The first kappa shape index (κ1) is 23.7. The highest BCUT2D eigenvalue weighted by molar-refractivity contribution is 5.75. The van der Waals surface area contributed by atoms with Gasteiger partial charge in [0.2, 0.25) is 5.95 Å². The molecule has 3 aromatic rings. The highest BCUT2D eigenvalue weighted by Gasteiger charge is 2.31. The number of hydrogen-bond acceptors (Lipinski definition) is 7. The Morgan fingerprint density at radius 1 is 1.05 bits per heavy atom. The fourth-order valence-corrected chi connectivity index (χ4v) is 5.45. The minimum absolute atomic E-state index is 0.0324. The third kappa shape index (κ3) is 5.11. The minimum atomic E-state index is -0.0324. The highest BCUT2D eigenvalue weighted by Crippen LogP contribution is 2.29. The molecule has 1 N–H and O–H groups in total. The summed E-state index contributed by atoms with van der Waals surface area (Å²) in [7, 11) is 0. The van der Waals surface area contributed by atoms with Crippen molar-refractivity contribution in [2.75, 3.05) is 49.5 Å². The number of allylic oxidation sites excluding steroid dienone is 1. The number of nitrogens with zero attached hydrogens (tertiary/aromatic N) is 6. The second-order valence-corrected chi connectivity index (χ2v) is 10.5. The summed E-state index contributed by atoms with van der Waals surface area (Å²) in [4.78, 5) is 29.3. The Morgan fingerprint density at radius 3 is 2.51 bits per heavy atom. The SMILES string of the molecule is C=CC(=C)N1CC(CCn2c(=O)ccc3cnc(Nc4ccc(N5CCN(C6CC6)CC5)cc4)nc32)C1. The zero-order valence-corrected chi connectivity index (χ0v) is 21.4. The second-order valence-electron chi connectivity index (χ2n) is 10.5. The van der Waals surface area contributed by atoms with E-state index in [0.717, 1.165) is 68.5 Å². The lowest BCUT2D eigenvalue weighted by Crippen LogP contribution is -2.47. The molecule has 6 rings (SSSR count). The van der Waals surface area contributed by atoms with Crippen LogP contribution in [0.25, 0.3) is 11.0 Å². The van der Waals surface area contributed by atoms with E-state index >= 15 is 0 Å². The highest BCUT2D eigenvalue weighted by atomic mass is 16.1. The van der Waals surface area contributed by atoms with Crippen molar-refractivity contribution in [1.82, 2.24) is 24.3 Å². The predicted octanol–water partition coefficient (Wildman–Crippen LogP) is 3.84. The summed E-state index contributed by atoms with van der Waals surface area (Å²) in [6.45, 7) is 14.8. The third-order valence-corrected chi connectivity index (χ3v) is 7.95. The van der Waals surface area contributed by atoms with Crippen LogP contribution in [0.15, 0.2) is 72.3 Å². The van der Waals surface area contributed by atoms with Gasteiger partial charge >= 0.3 is 0 Å². The van der Waals surface area contributed by atoms with E-state index in [1.54, 1.807) is 29.0 Å². The fraction of sp³-hybridized carbons (Fsp3) is 0.414. The maximum atomic E-state index is 12.7. The Kier molecular flexibility index (Phi) is 6.42. The van der Waals surface area contributed by atoms with Crippen LogP contribution in [0.5, 0.6) is 0 Å². The molecule has 37 heavy (non-hydrogen) atoms. The smallest absolute Gasteiger partial charge is 0.252 e. The van der Waals surface area contributed by atoms with E-state index in [1.807, 2.05) is 0 Å². The Morgan fingerprint density at radius 2 is 1.81 bits per heavy atom. The van der Waals surface area contributed by atoms with Crippen molar-refractivity contribution in [2.24, 2.45) is 5.92 Å². The van der Waals surface area contributed by atoms with Gasteiger partial charge in [0.1, 0.15) is 5.65 Å². The first-order chi connectivity index (χ1) is 18.1. The number of hydrogen-bond donors (Lipinski definition) is 1. The van der Waals surface area contributed by atoms with E-state index in [2.05, 4.69) is 62.4 Å². The molecule has 0 bridgehead atoms. The molecule has 1 aliphatic carbocycles. The largest absolute Gasteiger partial charge is 0.371 e. The zero-order chi connectivity index (χ0) is 25.4. The molecular formula is C29H35N7O. The van der Waals surface area contributed by atoms with Crippen LogP contribution >= 0.6 is 0 Å². The molecule has 2 aliphatic heterocycles. The predicted molar refractivity (Wildman–Crippen MR) is 149 cm³/mol. The Bertz CT molecular complexity index is 1350. The molecule has 1 saturated carbocycles. The summed E-state index contributed by atoms with van der Waals surface area (Å²) < 4.78 is 1.78. The molecule has 192 valence electrons.